The minimum absolute atomic E-state index is 0.0750. The monoisotopic (exact) mass is 387 g/mol. The van der Waals surface area contributed by atoms with Crippen LogP contribution >= 0.6 is 0 Å². The van der Waals surface area contributed by atoms with Gasteiger partial charge in [0.05, 0.1) is 18.2 Å². The molecule has 0 radical (unpaired) electrons. The number of halogens is 2. The Morgan fingerprint density at radius 2 is 1.85 bits per heavy atom. The first-order chi connectivity index (χ1) is 12.7. The van der Waals surface area contributed by atoms with E-state index >= 15 is 0 Å². The van der Waals surface area contributed by atoms with Crippen molar-refractivity contribution in [1.82, 2.24) is 10.6 Å². The molecular formula is C17H23F2N3O5. The van der Waals surface area contributed by atoms with Crippen LogP contribution in [0.4, 0.5) is 19.3 Å². The Bertz CT molecular complexity index is 689. The fourth-order valence-electron chi connectivity index (χ4n) is 2.68. The van der Waals surface area contributed by atoms with Crippen molar-refractivity contribution >= 4 is 17.6 Å². The third-order valence-corrected chi connectivity index (χ3v) is 3.94. The maximum absolute atomic E-state index is 13.5. The van der Waals surface area contributed by atoms with Crippen molar-refractivity contribution in [2.75, 3.05) is 11.9 Å². The van der Waals surface area contributed by atoms with Crippen LogP contribution in [0.1, 0.15) is 20.3 Å². The number of amides is 3. The first kappa shape index (κ1) is 21.0. The number of hydrogen-bond donors (Lipinski definition) is 5. The molecule has 0 aromatic heterocycles. The number of rotatable bonds is 6. The summed E-state index contributed by atoms with van der Waals surface area (Å²) in [6.07, 6.45) is -4.58. The molecule has 1 aromatic carbocycles. The summed E-state index contributed by atoms with van der Waals surface area (Å²) >= 11 is 0. The molecule has 0 aliphatic carbocycles. The van der Waals surface area contributed by atoms with Crippen LogP contribution in [0, 0.1) is 11.6 Å². The van der Waals surface area contributed by atoms with Crippen molar-refractivity contribution < 1.29 is 33.3 Å². The number of aliphatic hydroxyl groups excluding tert-OH is 2. The summed E-state index contributed by atoms with van der Waals surface area (Å²) in [6.45, 7) is 3.39. The highest BCUT2D eigenvalue weighted by atomic mass is 19.1. The lowest BCUT2D eigenvalue weighted by Crippen LogP contribution is -2.41. The number of hydrogen-bond acceptors (Lipinski definition) is 5. The molecule has 1 aliphatic rings. The third-order valence-electron chi connectivity index (χ3n) is 3.94. The van der Waals surface area contributed by atoms with E-state index in [-0.39, 0.29) is 30.6 Å². The molecule has 5 N–H and O–H groups in total. The summed E-state index contributed by atoms with van der Waals surface area (Å²) in [5.41, 5.74) is -0.218. The van der Waals surface area contributed by atoms with Gasteiger partial charge in [-0.15, -0.1) is 0 Å². The molecule has 2 rings (SSSR count). The lowest BCUT2D eigenvalue weighted by molar-refractivity contribution is -0.125. The summed E-state index contributed by atoms with van der Waals surface area (Å²) in [5.74, 6) is -2.05. The standard InChI is InChI=1S/C17H23F2N3O5/c1-8(2)21-14(23)6-12-15(24)16(25)13(27-12)7-20-17(26)22-11-4-3-9(18)5-10(11)19/h3-5,8,12-13,15-16,24-25H,6-7H2,1-2H3,(H,21,23)(H2,20,22,26)/t12-,13-,15+,16-/m1/s1. The van der Waals surface area contributed by atoms with Gasteiger partial charge in [-0.1, -0.05) is 0 Å². The molecule has 1 fully saturated rings. The van der Waals surface area contributed by atoms with Gasteiger partial charge < -0.3 is 30.9 Å². The number of benzene rings is 1. The van der Waals surface area contributed by atoms with Gasteiger partial charge in [-0.05, 0) is 26.0 Å². The van der Waals surface area contributed by atoms with Crippen molar-refractivity contribution in [2.45, 2.75) is 50.7 Å². The summed E-state index contributed by atoms with van der Waals surface area (Å²) in [7, 11) is 0. The summed E-state index contributed by atoms with van der Waals surface area (Å²) in [4.78, 5) is 23.6. The average Bonchev–Trinajstić information content (AvgIpc) is 2.83. The molecule has 4 atom stereocenters. The van der Waals surface area contributed by atoms with E-state index in [9.17, 15) is 28.6 Å². The zero-order chi connectivity index (χ0) is 20.1. The van der Waals surface area contributed by atoms with Crippen molar-refractivity contribution in [3.8, 4) is 0 Å². The lowest BCUT2D eigenvalue weighted by Gasteiger charge is -2.16. The Labute approximate surface area is 154 Å². The van der Waals surface area contributed by atoms with Crippen molar-refractivity contribution in [3.05, 3.63) is 29.8 Å². The zero-order valence-corrected chi connectivity index (χ0v) is 14.9. The van der Waals surface area contributed by atoms with Gasteiger partial charge in [0.15, 0.2) is 0 Å². The Morgan fingerprint density at radius 3 is 2.48 bits per heavy atom. The summed E-state index contributed by atoms with van der Waals surface area (Å²) in [6, 6.07) is 1.81. The first-order valence-electron chi connectivity index (χ1n) is 8.48. The van der Waals surface area contributed by atoms with Gasteiger partial charge in [0.2, 0.25) is 5.91 Å². The SMILES string of the molecule is CC(C)NC(=O)C[C@H]1O[C@H](CNC(=O)Nc2ccc(F)cc2F)[C@@H](O)[C@H]1O. The molecule has 1 heterocycles. The number of ether oxygens (including phenoxy) is 1. The molecule has 1 aliphatic heterocycles. The maximum atomic E-state index is 13.5. The second kappa shape index (κ2) is 9.07. The molecule has 0 unspecified atom stereocenters. The molecular weight excluding hydrogens is 364 g/mol. The minimum atomic E-state index is -1.30. The molecule has 10 heteroatoms. The highest BCUT2D eigenvalue weighted by Gasteiger charge is 2.43. The molecule has 0 bridgehead atoms. The summed E-state index contributed by atoms with van der Waals surface area (Å²) in [5, 5.41) is 27.2. The van der Waals surface area contributed by atoms with E-state index in [0.717, 1.165) is 12.1 Å². The van der Waals surface area contributed by atoms with Crippen LogP contribution in [-0.2, 0) is 9.53 Å². The van der Waals surface area contributed by atoms with Gasteiger partial charge in [-0.2, -0.15) is 0 Å². The number of anilines is 1. The zero-order valence-electron chi connectivity index (χ0n) is 14.9. The van der Waals surface area contributed by atoms with E-state index in [0.29, 0.717) is 6.07 Å². The molecule has 8 nitrogen and oxygen atoms in total. The maximum Gasteiger partial charge on any atom is 0.319 e. The molecule has 1 saturated heterocycles. The molecule has 0 saturated carbocycles. The van der Waals surface area contributed by atoms with Gasteiger partial charge in [0.25, 0.3) is 0 Å². The third kappa shape index (κ3) is 5.84. The van der Waals surface area contributed by atoms with E-state index in [4.69, 9.17) is 4.74 Å². The van der Waals surface area contributed by atoms with Crippen LogP contribution in [0.3, 0.4) is 0 Å². The van der Waals surface area contributed by atoms with Crippen LogP contribution in [-0.4, -0.2) is 59.2 Å². The highest BCUT2D eigenvalue weighted by molar-refractivity contribution is 5.89. The van der Waals surface area contributed by atoms with Gasteiger partial charge in [-0.25, -0.2) is 13.6 Å². The fraction of sp³-hybridized carbons (Fsp3) is 0.529. The Morgan fingerprint density at radius 1 is 1.19 bits per heavy atom. The second-order valence-electron chi connectivity index (χ2n) is 6.58. The fourth-order valence-corrected chi connectivity index (χ4v) is 2.68. The van der Waals surface area contributed by atoms with Crippen LogP contribution in [0.15, 0.2) is 18.2 Å². The quantitative estimate of drug-likeness (QED) is 0.487. The molecule has 27 heavy (non-hydrogen) atoms. The van der Waals surface area contributed by atoms with E-state index in [1.807, 2.05) is 0 Å². The van der Waals surface area contributed by atoms with Gasteiger partial charge in [-0.3, -0.25) is 4.79 Å². The average molecular weight is 387 g/mol. The number of nitrogens with one attached hydrogen (secondary N) is 3. The van der Waals surface area contributed by atoms with Gasteiger partial charge in [0, 0.05) is 18.7 Å². The van der Waals surface area contributed by atoms with Crippen molar-refractivity contribution in [3.63, 3.8) is 0 Å². The Balaban J connectivity index is 1.84. The second-order valence-corrected chi connectivity index (χ2v) is 6.58. The topological polar surface area (TPSA) is 120 Å². The molecule has 0 spiro atoms. The summed E-state index contributed by atoms with van der Waals surface area (Å²) < 4.78 is 31.8. The number of carbonyl (C=O) groups is 2. The van der Waals surface area contributed by atoms with E-state index < -0.39 is 42.1 Å². The molecule has 1 aromatic rings. The van der Waals surface area contributed by atoms with Gasteiger partial charge >= 0.3 is 6.03 Å². The number of carbonyl (C=O) groups excluding carboxylic acids is 2. The first-order valence-corrected chi connectivity index (χ1v) is 8.48. The van der Waals surface area contributed by atoms with E-state index in [1.165, 1.54) is 0 Å². The van der Waals surface area contributed by atoms with Crippen LogP contribution in [0.25, 0.3) is 0 Å². The lowest BCUT2D eigenvalue weighted by atomic mass is 10.1. The van der Waals surface area contributed by atoms with Crippen molar-refractivity contribution in [2.24, 2.45) is 0 Å². The van der Waals surface area contributed by atoms with Crippen molar-refractivity contribution in [1.29, 1.82) is 0 Å². The number of aliphatic hydroxyl groups is 2. The minimum Gasteiger partial charge on any atom is -0.388 e. The van der Waals surface area contributed by atoms with E-state index in [1.54, 1.807) is 13.8 Å². The van der Waals surface area contributed by atoms with Gasteiger partial charge in [0.1, 0.15) is 29.9 Å². The molecule has 3 amide bonds. The van der Waals surface area contributed by atoms with Crippen LogP contribution in [0.2, 0.25) is 0 Å². The van der Waals surface area contributed by atoms with Crippen LogP contribution < -0.4 is 16.0 Å². The highest BCUT2D eigenvalue weighted by Crippen LogP contribution is 2.23. The predicted molar refractivity (Wildman–Crippen MR) is 91.9 cm³/mol. The smallest absolute Gasteiger partial charge is 0.319 e. The molecule has 150 valence electrons. The van der Waals surface area contributed by atoms with Crippen LogP contribution in [0.5, 0.6) is 0 Å². The Kier molecular flexibility index (Phi) is 7.05. The predicted octanol–water partition coefficient (Wildman–Crippen LogP) is 0.490. The van der Waals surface area contributed by atoms with E-state index in [2.05, 4.69) is 16.0 Å². The largest absolute Gasteiger partial charge is 0.388 e. The number of urea groups is 1. The normalized spacial score (nSPS) is 24.7. The Hall–Kier alpha value is -2.30.